The van der Waals surface area contributed by atoms with Crippen molar-refractivity contribution in [3.63, 3.8) is 0 Å². The van der Waals surface area contributed by atoms with Crippen LogP contribution in [-0.2, 0) is 6.42 Å². The molecule has 3 aromatic rings. The molecule has 2 atom stereocenters. The molecule has 0 spiro atoms. The smallest absolute Gasteiger partial charge is 0.119 e. The molecular weight excluding hydrogens is 346 g/mol. The highest BCUT2D eigenvalue weighted by Gasteiger charge is 2.27. The van der Waals surface area contributed by atoms with Crippen molar-refractivity contribution in [3.05, 3.63) is 95.6 Å². The van der Waals surface area contributed by atoms with Gasteiger partial charge in [0, 0.05) is 11.7 Å². The lowest BCUT2D eigenvalue weighted by atomic mass is 9.96. The maximum Gasteiger partial charge on any atom is 0.119 e. The van der Waals surface area contributed by atoms with Crippen LogP contribution in [0.25, 0.3) is 0 Å². The average molecular weight is 374 g/mol. The number of para-hydroxylation sites is 1. The van der Waals surface area contributed by atoms with Crippen LogP contribution in [0.2, 0.25) is 0 Å². The van der Waals surface area contributed by atoms with Crippen LogP contribution < -0.4 is 21.3 Å². The second-order valence-corrected chi connectivity index (χ2v) is 7.27. The molecule has 1 aliphatic heterocycles. The van der Waals surface area contributed by atoms with Crippen LogP contribution >= 0.6 is 0 Å². The van der Waals surface area contributed by atoms with Crippen LogP contribution in [0.4, 0.5) is 5.69 Å². The van der Waals surface area contributed by atoms with E-state index in [1.165, 1.54) is 11.1 Å². The molecule has 0 aliphatic carbocycles. The fourth-order valence-corrected chi connectivity index (χ4v) is 3.74. The molecule has 4 heteroatoms. The lowest BCUT2D eigenvalue weighted by molar-refractivity contribution is 0.310. The monoisotopic (exact) mass is 373 g/mol. The van der Waals surface area contributed by atoms with Crippen molar-refractivity contribution in [1.29, 1.82) is 0 Å². The fraction of sp³-hybridized carbons (Fsp3) is 0.250. The molecule has 1 aliphatic rings. The first-order valence-corrected chi connectivity index (χ1v) is 9.92. The molecule has 28 heavy (non-hydrogen) atoms. The predicted molar refractivity (Wildman–Crippen MR) is 114 cm³/mol. The van der Waals surface area contributed by atoms with Crippen molar-refractivity contribution in [2.75, 3.05) is 12.3 Å². The van der Waals surface area contributed by atoms with Gasteiger partial charge in [-0.1, -0.05) is 60.7 Å². The Bertz CT molecular complexity index is 897. The summed E-state index contributed by atoms with van der Waals surface area (Å²) in [6.07, 6.45) is 2.99. The van der Waals surface area contributed by atoms with Crippen LogP contribution in [0.15, 0.2) is 78.9 Å². The first-order valence-electron chi connectivity index (χ1n) is 9.92. The average Bonchev–Trinajstić information content (AvgIpc) is 3.23. The molecule has 1 heterocycles. The molecule has 4 nitrogen and oxygen atoms in total. The number of hydrazine groups is 1. The number of hydrogen-bond acceptors (Lipinski definition) is 4. The van der Waals surface area contributed by atoms with Crippen molar-refractivity contribution in [2.45, 2.75) is 31.3 Å². The summed E-state index contributed by atoms with van der Waals surface area (Å²) in [5.74, 6) is 0.926. The number of aryl methyl sites for hydroxylation is 1. The van der Waals surface area contributed by atoms with E-state index in [2.05, 4.69) is 59.4 Å². The quantitative estimate of drug-likeness (QED) is 0.420. The fourth-order valence-electron chi connectivity index (χ4n) is 3.74. The highest BCUT2D eigenvalue weighted by Crippen LogP contribution is 2.34. The maximum atomic E-state index is 6.13. The standard InChI is InChI=1S/C24H27N3O/c25-22-14-5-4-13-21(22)24-17-23(26-27-24)19-11-6-12-20(16-19)28-15-7-10-18-8-2-1-3-9-18/h1-6,8-9,11-14,16,23-24,26-27H,7,10,15,17,25H2. The molecule has 1 saturated heterocycles. The summed E-state index contributed by atoms with van der Waals surface area (Å²) in [6.45, 7) is 0.720. The van der Waals surface area contributed by atoms with E-state index in [9.17, 15) is 0 Å². The first-order chi connectivity index (χ1) is 13.8. The van der Waals surface area contributed by atoms with Gasteiger partial charge in [-0.25, -0.2) is 10.9 Å². The Morgan fingerprint density at radius 1 is 0.857 bits per heavy atom. The Kier molecular flexibility index (Phi) is 5.90. The molecule has 144 valence electrons. The number of nitrogens with two attached hydrogens (primary N) is 1. The summed E-state index contributed by atoms with van der Waals surface area (Å²) < 4.78 is 5.99. The van der Waals surface area contributed by atoms with Crippen LogP contribution in [0, 0.1) is 0 Å². The second-order valence-electron chi connectivity index (χ2n) is 7.27. The summed E-state index contributed by atoms with van der Waals surface area (Å²) in [5, 5.41) is 0. The third-order valence-electron chi connectivity index (χ3n) is 5.26. The van der Waals surface area contributed by atoms with Crippen molar-refractivity contribution in [2.24, 2.45) is 0 Å². The van der Waals surface area contributed by atoms with Crippen LogP contribution in [-0.4, -0.2) is 6.61 Å². The summed E-state index contributed by atoms with van der Waals surface area (Å²) in [7, 11) is 0. The van der Waals surface area contributed by atoms with Gasteiger partial charge in [0.25, 0.3) is 0 Å². The van der Waals surface area contributed by atoms with E-state index in [1.807, 2.05) is 30.3 Å². The molecule has 0 amide bonds. The third-order valence-corrected chi connectivity index (χ3v) is 5.26. The Morgan fingerprint density at radius 2 is 1.64 bits per heavy atom. The maximum absolute atomic E-state index is 6.13. The Balaban J connectivity index is 1.32. The van der Waals surface area contributed by atoms with Gasteiger partial charge >= 0.3 is 0 Å². The Hall–Kier alpha value is -2.82. The van der Waals surface area contributed by atoms with Crippen molar-refractivity contribution >= 4 is 5.69 Å². The van der Waals surface area contributed by atoms with Crippen LogP contribution in [0.1, 0.15) is 41.6 Å². The van der Waals surface area contributed by atoms with E-state index in [0.29, 0.717) is 0 Å². The number of anilines is 1. The zero-order valence-corrected chi connectivity index (χ0v) is 16.0. The number of hydrogen-bond donors (Lipinski definition) is 3. The number of benzene rings is 3. The van der Waals surface area contributed by atoms with Gasteiger partial charge in [0.05, 0.1) is 12.6 Å². The van der Waals surface area contributed by atoms with Crippen molar-refractivity contribution in [3.8, 4) is 5.75 Å². The Labute approximate surface area is 166 Å². The van der Waals surface area contributed by atoms with E-state index in [-0.39, 0.29) is 12.1 Å². The summed E-state index contributed by atoms with van der Waals surface area (Å²) >= 11 is 0. The van der Waals surface area contributed by atoms with Crippen LogP contribution in [0.5, 0.6) is 5.75 Å². The molecule has 1 fully saturated rings. The van der Waals surface area contributed by atoms with Gasteiger partial charge in [0.2, 0.25) is 0 Å². The molecule has 0 saturated carbocycles. The zero-order valence-electron chi connectivity index (χ0n) is 16.0. The number of nitrogen functional groups attached to an aromatic ring is 1. The molecule has 0 bridgehead atoms. The number of ether oxygens (including phenoxy) is 1. The van der Waals surface area contributed by atoms with Gasteiger partial charge < -0.3 is 10.5 Å². The molecule has 3 aromatic carbocycles. The molecule has 0 aromatic heterocycles. The van der Waals surface area contributed by atoms with Gasteiger partial charge in [0.1, 0.15) is 5.75 Å². The lowest BCUT2D eigenvalue weighted by Gasteiger charge is -2.13. The lowest BCUT2D eigenvalue weighted by Crippen LogP contribution is -2.27. The molecule has 4 rings (SSSR count). The van der Waals surface area contributed by atoms with Gasteiger partial charge in [-0.3, -0.25) is 0 Å². The van der Waals surface area contributed by atoms with Crippen molar-refractivity contribution < 1.29 is 4.74 Å². The SMILES string of the molecule is Nc1ccccc1C1CC(c2cccc(OCCCc3ccccc3)c2)NN1. The summed E-state index contributed by atoms with van der Waals surface area (Å²) in [6, 6.07) is 27.4. The zero-order chi connectivity index (χ0) is 19.2. The summed E-state index contributed by atoms with van der Waals surface area (Å²) in [5.41, 5.74) is 17.5. The highest BCUT2D eigenvalue weighted by molar-refractivity contribution is 5.48. The normalized spacial score (nSPS) is 18.9. The number of rotatable bonds is 7. The molecule has 0 radical (unpaired) electrons. The second kappa shape index (κ2) is 8.91. The predicted octanol–water partition coefficient (Wildman–Crippen LogP) is 4.56. The van der Waals surface area contributed by atoms with E-state index < -0.39 is 0 Å². The van der Waals surface area contributed by atoms with E-state index in [1.54, 1.807) is 0 Å². The van der Waals surface area contributed by atoms with Gasteiger partial charge in [-0.15, -0.1) is 0 Å². The minimum absolute atomic E-state index is 0.210. The largest absolute Gasteiger partial charge is 0.494 e. The first kappa shape index (κ1) is 18.5. The van der Waals surface area contributed by atoms with E-state index in [0.717, 1.165) is 42.9 Å². The third kappa shape index (κ3) is 4.53. The summed E-state index contributed by atoms with van der Waals surface area (Å²) in [4.78, 5) is 0. The topological polar surface area (TPSA) is 59.3 Å². The molecular formula is C24H27N3O. The minimum atomic E-state index is 0.210. The van der Waals surface area contributed by atoms with E-state index >= 15 is 0 Å². The van der Waals surface area contributed by atoms with Gasteiger partial charge in [-0.05, 0) is 54.2 Å². The van der Waals surface area contributed by atoms with Gasteiger partial charge in [0.15, 0.2) is 0 Å². The molecule has 4 N–H and O–H groups in total. The minimum Gasteiger partial charge on any atom is -0.494 e. The Morgan fingerprint density at radius 3 is 2.50 bits per heavy atom. The van der Waals surface area contributed by atoms with Gasteiger partial charge in [-0.2, -0.15) is 0 Å². The van der Waals surface area contributed by atoms with Crippen LogP contribution in [0.3, 0.4) is 0 Å². The van der Waals surface area contributed by atoms with E-state index in [4.69, 9.17) is 10.5 Å². The van der Waals surface area contributed by atoms with Crippen molar-refractivity contribution in [1.82, 2.24) is 10.9 Å². The highest BCUT2D eigenvalue weighted by atomic mass is 16.5. The number of nitrogens with one attached hydrogen (secondary N) is 2. The molecule has 2 unspecified atom stereocenters.